The van der Waals surface area contributed by atoms with Crippen molar-refractivity contribution in [2.45, 2.75) is 12.1 Å². The molecule has 1 fully saturated rings. The maximum atomic E-state index is 12.8. The number of hydrogen-bond donors (Lipinski definition) is 0. The second kappa shape index (κ2) is 7.87. The van der Waals surface area contributed by atoms with Crippen LogP contribution in [-0.4, -0.2) is 63.1 Å². The molecule has 0 unspecified atom stereocenters. The number of rotatable bonds is 3. The fourth-order valence-corrected chi connectivity index (χ4v) is 4.43. The molecule has 0 aliphatic carbocycles. The van der Waals surface area contributed by atoms with Gasteiger partial charge in [0.2, 0.25) is 11.8 Å². The molecule has 7 nitrogen and oxygen atoms in total. The Kier molecular flexibility index (Phi) is 5.27. The van der Waals surface area contributed by atoms with Gasteiger partial charge in [0.1, 0.15) is 0 Å². The number of amides is 2. The molecule has 0 spiro atoms. The van der Waals surface area contributed by atoms with Crippen LogP contribution in [0.2, 0.25) is 0 Å². The maximum absolute atomic E-state index is 12.8. The monoisotopic (exact) mass is 410 g/mol. The second-order valence-corrected chi connectivity index (χ2v) is 8.09. The van der Waals surface area contributed by atoms with Crippen LogP contribution < -0.4 is 5.56 Å². The zero-order valence-corrected chi connectivity index (χ0v) is 17.2. The van der Waals surface area contributed by atoms with Gasteiger partial charge in [0.15, 0.2) is 5.16 Å². The van der Waals surface area contributed by atoms with Gasteiger partial charge in [0.25, 0.3) is 5.56 Å². The lowest BCUT2D eigenvalue weighted by molar-refractivity contribution is -0.136. The van der Waals surface area contributed by atoms with Crippen LogP contribution in [0.15, 0.2) is 46.3 Å². The van der Waals surface area contributed by atoms with Crippen molar-refractivity contribution < 1.29 is 9.59 Å². The summed E-state index contributed by atoms with van der Waals surface area (Å²) >= 11 is 1.27. The lowest BCUT2D eigenvalue weighted by Crippen LogP contribution is -2.50. The first-order valence-electron chi connectivity index (χ1n) is 9.49. The fraction of sp³-hybridized carbons (Fsp3) is 0.333. The van der Waals surface area contributed by atoms with Crippen molar-refractivity contribution in [2.75, 3.05) is 31.9 Å². The molecule has 3 aromatic rings. The van der Waals surface area contributed by atoms with Gasteiger partial charge in [-0.1, -0.05) is 36.0 Å². The van der Waals surface area contributed by atoms with Gasteiger partial charge in [-0.2, -0.15) is 0 Å². The minimum Gasteiger partial charge on any atom is -0.339 e. The highest BCUT2D eigenvalue weighted by molar-refractivity contribution is 7.99. The quantitative estimate of drug-likeness (QED) is 0.374. The highest BCUT2D eigenvalue weighted by atomic mass is 32.2. The lowest BCUT2D eigenvalue weighted by atomic mass is 10.1. The Morgan fingerprint density at radius 1 is 1.03 bits per heavy atom. The highest BCUT2D eigenvalue weighted by Crippen LogP contribution is 2.22. The van der Waals surface area contributed by atoms with Crippen LogP contribution in [-0.2, 0) is 16.6 Å². The second-order valence-electron chi connectivity index (χ2n) is 7.15. The zero-order chi connectivity index (χ0) is 20.5. The minimum atomic E-state index is -0.120. The van der Waals surface area contributed by atoms with E-state index in [9.17, 15) is 14.4 Å². The van der Waals surface area contributed by atoms with E-state index in [1.807, 2.05) is 36.4 Å². The van der Waals surface area contributed by atoms with Gasteiger partial charge in [-0.3, -0.25) is 19.0 Å². The molecular weight excluding hydrogens is 388 g/mol. The third-order valence-electron chi connectivity index (χ3n) is 5.30. The number of nitrogens with zero attached hydrogens (tertiary/aromatic N) is 4. The van der Waals surface area contributed by atoms with Crippen LogP contribution in [0.3, 0.4) is 0 Å². The first-order chi connectivity index (χ1) is 13.9. The normalized spacial score (nSPS) is 14.6. The molecule has 1 aliphatic heterocycles. The first kappa shape index (κ1) is 19.4. The van der Waals surface area contributed by atoms with Crippen LogP contribution in [0.25, 0.3) is 21.7 Å². The number of thioether (sulfide) groups is 1. The van der Waals surface area contributed by atoms with E-state index in [0.29, 0.717) is 42.2 Å². The summed E-state index contributed by atoms with van der Waals surface area (Å²) < 4.78 is 1.50. The number of benzene rings is 2. The van der Waals surface area contributed by atoms with Gasteiger partial charge in [0, 0.05) is 40.2 Å². The number of aromatic nitrogens is 2. The van der Waals surface area contributed by atoms with Gasteiger partial charge in [-0.05, 0) is 22.9 Å². The Hall–Kier alpha value is -2.87. The summed E-state index contributed by atoms with van der Waals surface area (Å²) in [5.41, 5.74) is 0.516. The smallest absolute Gasteiger partial charge is 0.261 e. The van der Waals surface area contributed by atoms with Gasteiger partial charge in [-0.15, -0.1) is 0 Å². The molecule has 150 valence electrons. The summed E-state index contributed by atoms with van der Waals surface area (Å²) in [5, 5.41) is 3.12. The summed E-state index contributed by atoms with van der Waals surface area (Å²) in [6.07, 6.45) is 0. The standard InChI is InChI=1S/C21H22N4O3S/c1-14(26)24-7-9-25(10-8-24)19(27)13-29-21-22-18-12-16-6-4-3-5-15(16)11-17(18)20(28)23(21)2/h3-6,11-12H,7-10,13H2,1-2H3. The topological polar surface area (TPSA) is 75.5 Å². The van der Waals surface area contributed by atoms with E-state index in [0.717, 1.165) is 10.8 Å². The molecule has 1 saturated heterocycles. The van der Waals surface area contributed by atoms with Crippen LogP contribution in [0.4, 0.5) is 0 Å². The molecule has 0 radical (unpaired) electrons. The average Bonchev–Trinajstić information content (AvgIpc) is 2.74. The van der Waals surface area contributed by atoms with E-state index in [1.165, 1.54) is 16.3 Å². The van der Waals surface area contributed by atoms with Crippen molar-refractivity contribution >= 4 is 45.3 Å². The van der Waals surface area contributed by atoms with Crippen molar-refractivity contribution in [3.63, 3.8) is 0 Å². The maximum Gasteiger partial charge on any atom is 0.261 e. The Morgan fingerprint density at radius 2 is 1.66 bits per heavy atom. The lowest BCUT2D eigenvalue weighted by Gasteiger charge is -2.34. The number of carbonyl (C=O) groups is 2. The number of fused-ring (bicyclic) bond motifs is 2. The first-order valence-corrected chi connectivity index (χ1v) is 10.5. The molecule has 0 N–H and O–H groups in total. The summed E-state index contributed by atoms with van der Waals surface area (Å²) in [4.78, 5) is 45.0. The van der Waals surface area contributed by atoms with Crippen LogP contribution >= 0.6 is 11.8 Å². The van der Waals surface area contributed by atoms with E-state index >= 15 is 0 Å². The largest absolute Gasteiger partial charge is 0.339 e. The molecule has 4 rings (SSSR count). The molecule has 1 aromatic heterocycles. The number of carbonyl (C=O) groups excluding carboxylic acids is 2. The van der Waals surface area contributed by atoms with E-state index in [1.54, 1.807) is 23.8 Å². The molecule has 2 aromatic carbocycles. The van der Waals surface area contributed by atoms with E-state index in [2.05, 4.69) is 4.98 Å². The number of hydrogen-bond acceptors (Lipinski definition) is 5. The molecule has 0 atom stereocenters. The van der Waals surface area contributed by atoms with Crippen LogP contribution in [0, 0.1) is 0 Å². The Bertz CT molecular complexity index is 1170. The highest BCUT2D eigenvalue weighted by Gasteiger charge is 2.22. The van der Waals surface area contributed by atoms with E-state index in [4.69, 9.17) is 0 Å². The van der Waals surface area contributed by atoms with Gasteiger partial charge < -0.3 is 9.80 Å². The molecule has 29 heavy (non-hydrogen) atoms. The third-order valence-corrected chi connectivity index (χ3v) is 6.32. The van der Waals surface area contributed by atoms with E-state index < -0.39 is 0 Å². The summed E-state index contributed by atoms with van der Waals surface area (Å²) in [5.74, 6) is 0.236. The summed E-state index contributed by atoms with van der Waals surface area (Å²) in [6, 6.07) is 11.6. The Balaban J connectivity index is 1.53. The minimum absolute atomic E-state index is 0.00828. The van der Waals surface area contributed by atoms with Crippen molar-refractivity contribution in [2.24, 2.45) is 7.05 Å². The number of piperazine rings is 1. The molecule has 0 saturated carbocycles. The average molecular weight is 410 g/mol. The Labute approximate surface area is 172 Å². The molecule has 1 aliphatic rings. The SMILES string of the molecule is CC(=O)N1CCN(C(=O)CSc2nc3cc4ccccc4cc3c(=O)n2C)CC1. The third kappa shape index (κ3) is 3.85. The fourth-order valence-electron chi connectivity index (χ4n) is 3.56. The van der Waals surface area contributed by atoms with Crippen LogP contribution in [0.1, 0.15) is 6.92 Å². The zero-order valence-electron chi connectivity index (χ0n) is 16.4. The summed E-state index contributed by atoms with van der Waals surface area (Å²) in [6.45, 7) is 3.74. The molecular formula is C21H22N4O3S. The molecule has 0 bridgehead atoms. The van der Waals surface area contributed by atoms with Gasteiger partial charge in [0.05, 0.1) is 16.7 Å². The van der Waals surface area contributed by atoms with Crippen molar-refractivity contribution in [3.8, 4) is 0 Å². The predicted molar refractivity (Wildman–Crippen MR) is 114 cm³/mol. The van der Waals surface area contributed by atoms with Crippen molar-refractivity contribution in [1.82, 2.24) is 19.4 Å². The van der Waals surface area contributed by atoms with Crippen molar-refractivity contribution in [3.05, 3.63) is 46.8 Å². The van der Waals surface area contributed by atoms with Crippen molar-refractivity contribution in [1.29, 1.82) is 0 Å². The molecule has 8 heteroatoms. The Morgan fingerprint density at radius 3 is 2.31 bits per heavy atom. The van der Waals surface area contributed by atoms with Gasteiger partial charge >= 0.3 is 0 Å². The van der Waals surface area contributed by atoms with Gasteiger partial charge in [-0.25, -0.2) is 4.98 Å². The summed E-state index contributed by atoms with van der Waals surface area (Å²) in [7, 11) is 1.68. The van der Waals surface area contributed by atoms with Crippen LogP contribution in [0.5, 0.6) is 0 Å². The van der Waals surface area contributed by atoms with E-state index in [-0.39, 0.29) is 23.1 Å². The predicted octanol–water partition coefficient (Wildman–Crippen LogP) is 1.87. The molecule has 2 amide bonds. The molecule has 2 heterocycles.